The van der Waals surface area contributed by atoms with Gasteiger partial charge in [-0.15, -0.1) is 0 Å². The minimum absolute atomic E-state index is 0.0235. The van der Waals surface area contributed by atoms with Gasteiger partial charge in [-0.2, -0.15) is 0 Å². The molecule has 2 aromatic heterocycles. The Labute approximate surface area is 104 Å². The van der Waals surface area contributed by atoms with Crippen molar-refractivity contribution in [2.45, 2.75) is 0 Å². The fourth-order valence-corrected chi connectivity index (χ4v) is 1.57. The topological polar surface area (TPSA) is 113 Å². The van der Waals surface area contributed by atoms with Crippen LogP contribution >= 0.6 is 0 Å². The van der Waals surface area contributed by atoms with Crippen LogP contribution in [0.15, 0.2) is 38.2 Å². The summed E-state index contributed by atoms with van der Waals surface area (Å²) in [6, 6.07) is 5.17. The molecule has 0 aliphatic carbocycles. The quantitative estimate of drug-likeness (QED) is 0.719. The van der Waals surface area contributed by atoms with Crippen LogP contribution in [0.5, 0.6) is 0 Å². The van der Waals surface area contributed by atoms with Crippen molar-refractivity contribution in [2.24, 2.45) is 0 Å². The molecule has 0 radical (unpaired) electrons. The molecule has 9 heteroatoms. The van der Waals surface area contributed by atoms with Gasteiger partial charge in [0, 0.05) is 0 Å². The number of hydrogen-bond donors (Lipinski definition) is 1. The van der Waals surface area contributed by atoms with E-state index in [1.54, 1.807) is 0 Å². The van der Waals surface area contributed by atoms with Gasteiger partial charge < -0.3 is 5.73 Å². The molecule has 19 heavy (non-hydrogen) atoms. The first-order valence-electron chi connectivity index (χ1n) is 5.10. The lowest BCUT2D eigenvalue weighted by atomic mass is 10.3. The molecule has 0 fully saturated rings. The van der Waals surface area contributed by atoms with Crippen LogP contribution in [-0.2, 0) is 0 Å². The molecule has 0 aliphatic rings. The second-order valence-corrected chi connectivity index (χ2v) is 3.58. The van der Waals surface area contributed by atoms with E-state index in [4.69, 9.17) is 5.73 Å². The van der Waals surface area contributed by atoms with E-state index in [0.29, 0.717) is 5.69 Å². The molecule has 96 valence electrons. The summed E-state index contributed by atoms with van der Waals surface area (Å²) >= 11 is 0. The van der Waals surface area contributed by atoms with Crippen molar-refractivity contribution in [3.8, 4) is 17.2 Å². The fourth-order valence-electron chi connectivity index (χ4n) is 1.57. The smallest absolute Gasteiger partial charge is 0.379 e. The standard InChI is InChI=1S/C10H6FN5O3/c11-5-1-3-6(4-2-5)16-9(15-18-10(16)17)7-8(12)14-19-13-7/h1-4H,(H2,12,14). The van der Waals surface area contributed by atoms with Crippen LogP contribution in [0, 0.1) is 5.82 Å². The van der Waals surface area contributed by atoms with Gasteiger partial charge in [0.1, 0.15) is 5.82 Å². The summed E-state index contributed by atoms with van der Waals surface area (Å²) in [4.78, 5) is 11.7. The maximum Gasteiger partial charge on any atom is 0.446 e. The van der Waals surface area contributed by atoms with Crippen molar-refractivity contribution < 1.29 is 13.5 Å². The van der Waals surface area contributed by atoms with Gasteiger partial charge in [-0.1, -0.05) is 5.16 Å². The predicted molar refractivity (Wildman–Crippen MR) is 59.8 cm³/mol. The van der Waals surface area contributed by atoms with E-state index in [1.165, 1.54) is 24.3 Å². The van der Waals surface area contributed by atoms with E-state index in [1.807, 2.05) is 0 Å². The Kier molecular flexibility index (Phi) is 2.37. The number of benzene rings is 1. The Morgan fingerprint density at radius 1 is 1.16 bits per heavy atom. The molecule has 0 saturated carbocycles. The average molecular weight is 263 g/mol. The molecule has 8 nitrogen and oxygen atoms in total. The largest absolute Gasteiger partial charge is 0.446 e. The van der Waals surface area contributed by atoms with Crippen LogP contribution in [0.3, 0.4) is 0 Å². The van der Waals surface area contributed by atoms with E-state index in [2.05, 4.69) is 24.6 Å². The Morgan fingerprint density at radius 2 is 1.89 bits per heavy atom. The highest BCUT2D eigenvalue weighted by Crippen LogP contribution is 2.21. The van der Waals surface area contributed by atoms with Crippen molar-refractivity contribution in [2.75, 3.05) is 5.73 Å². The lowest BCUT2D eigenvalue weighted by Crippen LogP contribution is -2.13. The third kappa shape index (κ3) is 1.76. The predicted octanol–water partition coefficient (Wildman–Crippen LogP) is 0.597. The highest BCUT2D eigenvalue weighted by Gasteiger charge is 2.20. The Hall–Kier alpha value is -2.97. The van der Waals surface area contributed by atoms with Gasteiger partial charge in [0.15, 0.2) is 11.5 Å². The highest BCUT2D eigenvalue weighted by atomic mass is 19.1. The summed E-state index contributed by atoms with van der Waals surface area (Å²) in [5.41, 5.74) is 5.95. The summed E-state index contributed by atoms with van der Waals surface area (Å²) in [6.07, 6.45) is 0. The van der Waals surface area contributed by atoms with E-state index in [0.717, 1.165) is 4.57 Å². The molecule has 2 heterocycles. The summed E-state index contributed by atoms with van der Waals surface area (Å²) in [5, 5.41) is 10.5. The second-order valence-electron chi connectivity index (χ2n) is 3.58. The van der Waals surface area contributed by atoms with Gasteiger partial charge in [-0.25, -0.2) is 18.4 Å². The van der Waals surface area contributed by atoms with Crippen LogP contribution in [-0.4, -0.2) is 20.0 Å². The number of rotatable bonds is 2. The molecule has 2 N–H and O–H groups in total. The molecule has 3 aromatic rings. The average Bonchev–Trinajstić information content (AvgIpc) is 2.97. The number of nitrogens with zero attached hydrogens (tertiary/aromatic N) is 4. The number of nitrogens with two attached hydrogens (primary N) is 1. The summed E-state index contributed by atoms with van der Waals surface area (Å²) in [5.74, 6) is -1.21. The van der Waals surface area contributed by atoms with E-state index >= 15 is 0 Å². The Morgan fingerprint density at radius 3 is 2.53 bits per heavy atom. The number of aromatic nitrogens is 4. The normalized spacial score (nSPS) is 10.8. The van der Waals surface area contributed by atoms with Gasteiger partial charge in [0.2, 0.25) is 5.82 Å². The number of anilines is 1. The first-order valence-corrected chi connectivity index (χ1v) is 5.10. The monoisotopic (exact) mass is 263 g/mol. The van der Waals surface area contributed by atoms with Crippen LogP contribution in [0.25, 0.3) is 17.2 Å². The summed E-state index contributed by atoms with van der Waals surface area (Å²) in [7, 11) is 0. The molecule has 0 atom stereocenters. The van der Waals surface area contributed by atoms with E-state index < -0.39 is 11.6 Å². The molecule has 0 aliphatic heterocycles. The molecule has 1 aromatic carbocycles. The van der Waals surface area contributed by atoms with Crippen molar-refractivity contribution in [3.05, 3.63) is 40.6 Å². The fraction of sp³-hybridized carbons (Fsp3) is 0. The maximum atomic E-state index is 12.9. The van der Waals surface area contributed by atoms with E-state index in [9.17, 15) is 9.18 Å². The maximum absolute atomic E-state index is 12.9. The molecule has 0 saturated heterocycles. The van der Waals surface area contributed by atoms with Crippen LogP contribution < -0.4 is 11.5 Å². The Balaban J connectivity index is 2.22. The minimum atomic E-state index is -0.760. The van der Waals surface area contributed by atoms with Crippen LogP contribution in [0.2, 0.25) is 0 Å². The SMILES string of the molecule is Nc1nonc1-c1noc(=O)n1-c1ccc(F)cc1. The van der Waals surface area contributed by atoms with Crippen LogP contribution in [0.1, 0.15) is 0 Å². The van der Waals surface area contributed by atoms with Gasteiger partial charge in [-0.3, -0.25) is 4.52 Å². The van der Waals surface area contributed by atoms with Gasteiger partial charge in [0.25, 0.3) is 0 Å². The Bertz CT molecular complexity index is 773. The van der Waals surface area contributed by atoms with Crippen molar-refractivity contribution in [1.82, 2.24) is 20.0 Å². The zero-order valence-corrected chi connectivity index (χ0v) is 9.28. The molecule has 0 amide bonds. The molecule has 0 unspecified atom stereocenters. The van der Waals surface area contributed by atoms with Gasteiger partial charge in [0.05, 0.1) is 5.69 Å². The molecular formula is C10H6FN5O3. The first kappa shape index (κ1) is 11.1. The van der Waals surface area contributed by atoms with Crippen molar-refractivity contribution in [3.63, 3.8) is 0 Å². The summed E-state index contributed by atoms with van der Waals surface area (Å²) < 4.78 is 23.0. The zero-order chi connectivity index (χ0) is 13.4. The van der Waals surface area contributed by atoms with Gasteiger partial charge >= 0.3 is 5.76 Å². The van der Waals surface area contributed by atoms with E-state index in [-0.39, 0.29) is 17.3 Å². The molecule has 0 spiro atoms. The third-order valence-corrected chi connectivity index (χ3v) is 2.42. The number of hydrogen-bond acceptors (Lipinski definition) is 7. The zero-order valence-electron chi connectivity index (χ0n) is 9.28. The number of halogens is 1. The summed E-state index contributed by atoms with van der Waals surface area (Å²) in [6.45, 7) is 0. The third-order valence-electron chi connectivity index (χ3n) is 2.42. The lowest BCUT2D eigenvalue weighted by molar-refractivity contribution is 0.310. The first-order chi connectivity index (χ1) is 9.16. The lowest BCUT2D eigenvalue weighted by Gasteiger charge is -2.01. The van der Waals surface area contributed by atoms with Crippen molar-refractivity contribution >= 4 is 5.82 Å². The highest BCUT2D eigenvalue weighted by molar-refractivity contribution is 5.63. The molecular weight excluding hydrogens is 257 g/mol. The van der Waals surface area contributed by atoms with Crippen LogP contribution in [0.4, 0.5) is 10.2 Å². The van der Waals surface area contributed by atoms with Crippen molar-refractivity contribution in [1.29, 1.82) is 0 Å². The van der Waals surface area contributed by atoms with Gasteiger partial charge in [-0.05, 0) is 34.6 Å². The second kappa shape index (κ2) is 4.05. The molecule has 0 bridgehead atoms. The number of nitrogen functional groups attached to an aromatic ring is 1. The minimum Gasteiger partial charge on any atom is -0.379 e. The molecule has 3 rings (SSSR count).